The number of esters is 1. The summed E-state index contributed by atoms with van der Waals surface area (Å²) in [6, 6.07) is 14.9. The van der Waals surface area contributed by atoms with E-state index in [4.69, 9.17) is 20.8 Å². The summed E-state index contributed by atoms with van der Waals surface area (Å²) in [5.74, 6) is -0.534. The molecule has 1 aliphatic rings. The van der Waals surface area contributed by atoms with Crippen molar-refractivity contribution in [3.05, 3.63) is 113 Å². The normalized spacial score (nSPS) is 15.2. The summed E-state index contributed by atoms with van der Waals surface area (Å²) in [4.78, 5) is 43.4. The van der Waals surface area contributed by atoms with Gasteiger partial charge in [0.2, 0.25) is 0 Å². The lowest BCUT2D eigenvalue weighted by molar-refractivity contribution is -0.139. The molecule has 2 aromatic heterocycles. The maximum Gasteiger partial charge on any atom is 0.338 e. The molecule has 1 N–H and O–H groups in total. The first-order valence-corrected chi connectivity index (χ1v) is 14.2. The quantitative estimate of drug-likeness (QED) is 0.283. The number of aromatic carboxylic acids is 1. The predicted octanol–water partition coefficient (Wildman–Crippen LogP) is 5.53. The van der Waals surface area contributed by atoms with Crippen LogP contribution in [0.3, 0.4) is 0 Å². The molecule has 8 nitrogen and oxygen atoms in total. The summed E-state index contributed by atoms with van der Waals surface area (Å²) in [6.07, 6.45) is 1.60. The fourth-order valence-corrected chi connectivity index (χ4v) is 5.96. The maximum atomic E-state index is 13.8. The Hall–Kier alpha value is -4.21. The van der Waals surface area contributed by atoms with E-state index in [1.807, 2.05) is 24.3 Å². The fraction of sp³-hybridized carbons (Fsp3) is 0.226. The second kappa shape index (κ2) is 11.3. The van der Waals surface area contributed by atoms with Crippen molar-refractivity contribution in [3.8, 4) is 11.3 Å². The van der Waals surface area contributed by atoms with Gasteiger partial charge in [-0.15, -0.1) is 0 Å². The number of hydrogen-bond donors (Lipinski definition) is 1. The van der Waals surface area contributed by atoms with Gasteiger partial charge in [-0.2, -0.15) is 0 Å². The molecule has 0 saturated heterocycles. The van der Waals surface area contributed by atoms with Crippen molar-refractivity contribution < 1.29 is 23.8 Å². The van der Waals surface area contributed by atoms with Gasteiger partial charge in [0.05, 0.1) is 39.0 Å². The highest BCUT2D eigenvalue weighted by Crippen LogP contribution is 2.32. The second-order valence-electron chi connectivity index (χ2n) is 9.83. The zero-order valence-corrected chi connectivity index (χ0v) is 24.4. The molecule has 1 aliphatic heterocycles. The summed E-state index contributed by atoms with van der Waals surface area (Å²) in [7, 11) is 0. The molecule has 0 bridgehead atoms. The number of fused-ring (bicyclic) bond motifs is 1. The number of furan rings is 1. The van der Waals surface area contributed by atoms with E-state index < -0.39 is 18.0 Å². The number of rotatable bonds is 7. The summed E-state index contributed by atoms with van der Waals surface area (Å²) in [6.45, 7) is 7.87. The molecule has 0 aliphatic carbocycles. The van der Waals surface area contributed by atoms with Crippen molar-refractivity contribution in [2.45, 2.75) is 39.7 Å². The van der Waals surface area contributed by atoms with Crippen molar-refractivity contribution >= 4 is 41.0 Å². The molecule has 210 valence electrons. The Kier molecular flexibility index (Phi) is 7.84. The number of allylic oxidation sites excluding steroid dienone is 1. The SMILES string of the molecule is CCOC(=O)C1=C(C)N=c2s/c(=C\c3ccc(-c4cc(C(=O)O)ccc4Cl)o3)c(=O)n2[C@H]1c1ccc(C(C)C)cc1. The Morgan fingerprint density at radius 3 is 2.56 bits per heavy atom. The first kappa shape index (κ1) is 28.3. The molecule has 1 atom stereocenters. The van der Waals surface area contributed by atoms with Crippen molar-refractivity contribution in [3.63, 3.8) is 0 Å². The van der Waals surface area contributed by atoms with Gasteiger partial charge in [0, 0.05) is 11.6 Å². The average Bonchev–Trinajstić information content (AvgIpc) is 3.52. The smallest absolute Gasteiger partial charge is 0.338 e. The number of carbonyl (C=O) groups is 2. The summed E-state index contributed by atoms with van der Waals surface area (Å²) >= 11 is 7.49. The highest BCUT2D eigenvalue weighted by Gasteiger charge is 2.33. The van der Waals surface area contributed by atoms with E-state index in [1.165, 1.54) is 34.1 Å². The van der Waals surface area contributed by atoms with E-state index in [0.717, 1.165) is 11.1 Å². The minimum Gasteiger partial charge on any atom is -0.478 e. The number of nitrogens with zero attached hydrogens (tertiary/aromatic N) is 2. The lowest BCUT2D eigenvalue weighted by atomic mass is 9.93. The van der Waals surface area contributed by atoms with Gasteiger partial charge in [-0.3, -0.25) is 9.36 Å². The minimum absolute atomic E-state index is 0.0739. The lowest BCUT2D eigenvalue weighted by Crippen LogP contribution is -2.39. The molecule has 41 heavy (non-hydrogen) atoms. The molecule has 0 spiro atoms. The Morgan fingerprint density at radius 2 is 1.90 bits per heavy atom. The number of thiazole rings is 1. The molecule has 0 amide bonds. The highest BCUT2D eigenvalue weighted by atomic mass is 35.5. The zero-order chi connectivity index (χ0) is 29.4. The van der Waals surface area contributed by atoms with Crippen LogP contribution in [0.5, 0.6) is 0 Å². The van der Waals surface area contributed by atoms with Gasteiger partial charge in [-0.25, -0.2) is 14.6 Å². The van der Waals surface area contributed by atoms with Gasteiger partial charge in [-0.05, 0) is 61.2 Å². The van der Waals surface area contributed by atoms with Crippen LogP contribution in [0.15, 0.2) is 80.1 Å². The van der Waals surface area contributed by atoms with E-state index in [1.54, 1.807) is 32.1 Å². The average molecular weight is 591 g/mol. The third kappa shape index (κ3) is 5.42. The van der Waals surface area contributed by atoms with Crippen molar-refractivity contribution in [1.29, 1.82) is 0 Å². The first-order valence-electron chi connectivity index (χ1n) is 13.0. The Morgan fingerprint density at radius 1 is 1.17 bits per heavy atom. The Labute approximate surface area is 244 Å². The molecule has 0 fully saturated rings. The monoisotopic (exact) mass is 590 g/mol. The van der Waals surface area contributed by atoms with Gasteiger partial charge in [0.15, 0.2) is 4.80 Å². The molecule has 10 heteroatoms. The second-order valence-corrected chi connectivity index (χ2v) is 11.2. The molecular formula is C31H27ClN2O6S. The van der Waals surface area contributed by atoms with Gasteiger partial charge in [0.1, 0.15) is 11.5 Å². The van der Waals surface area contributed by atoms with Crippen LogP contribution in [0.25, 0.3) is 17.4 Å². The molecule has 4 aromatic rings. The van der Waals surface area contributed by atoms with E-state index in [9.17, 15) is 19.5 Å². The molecule has 0 radical (unpaired) electrons. The lowest BCUT2D eigenvalue weighted by Gasteiger charge is -2.25. The third-order valence-corrected chi connectivity index (χ3v) is 8.13. The van der Waals surface area contributed by atoms with Crippen LogP contribution in [0.1, 0.15) is 66.9 Å². The zero-order valence-electron chi connectivity index (χ0n) is 22.8. The van der Waals surface area contributed by atoms with E-state index in [0.29, 0.717) is 48.6 Å². The van der Waals surface area contributed by atoms with Crippen LogP contribution in [-0.2, 0) is 9.53 Å². The van der Waals surface area contributed by atoms with Crippen LogP contribution >= 0.6 is 22.9 Å². The number of ether oxygens (including phenoxy) is 1. The predicted molar refractivity (Wildman–Crippen MR) is 157 cm³/mol. The topological polar surface area (TPSA) is 111 Å². The maximum absolute atomic E-state index is 13.8. The summed E-state index contributed by atoms with van der Waals surface area (Å²) < 4.78 is 13.2. The Bertz CT molecular complexity index is 1880. The van der Waals surface area contributed by atoms with Crippen molar-refractivity contribution in [1.82, 2.24) is 4.57 Å². The summed E-state index contributed by atoms with van der Waals surface area (Å²) in [5.41, 5.74) is 2.88. The van der Waals surface area contributed by atoms with Crippen LogP contribution < -0.4 is 14.9 Å². The van der Waals surface area contributed by atoms with Crippen LogP contribution in [-0.4, -0.2) is 28.2 Å². The Balaban J connectivity index is 1.62. The van der Waals surface area contributed by atoms with Crippen LogP contribution in [0, 0.1) is 0 Å². The molecular weight excluding hydrogens is 564 g/mol. The largest absolute Gasteiger partial charge is 0.478 e. The van der Waals surface area contributed by atoms with Gasteiger partial charge in [-0.1, -0.05) is 61.1 Å². The number of carbonyl (C=O) groups excluding carboxylic acids is 1. The third-order valence-electron chi connectivity index (χ3n) is 6.81. The van der Waals surface area contributed by atoms with Crippen LogP contribution in [0.2, 0.25) is 5.02 Å². The van der Waals surface area contributed by atoms with E-state index in [2.05, 4.69) is 18.8 Å². The number of carboxylic acids is 1. The molecule has 3 heterocycles. The molecule has 5 rings (SSSR count). The standard InChI is InChI=1S/C31H27ClN2O6S/c1-5-39-30(38)26-17(4)33-31-34(27(26)19-8-6-18(7-9-19)16(2)3)28(35)25(41-31)15-21-11-13-24(40-21)22-14-20(29(36)37)10-12-23(22)32/h6-16,27H,5H2,1-4H3,(H,36,37)/b25-15-/t27-/m0/s1. The highest BCUT2D eigenvalue weighted by molar-refractivity contribution is 7.07. The van der Waals surface area contributed by atoms with Gasteiger partial charge < -0.3 is 14.3 Å². The van der Waals surface area contributed by atoms with E-state index >= 15 is 0 Å². The number of hydrogen-bond acceptors (Lipinski definition) is 7. The number of benzene rings is 2. The molecule has 0 unspecified atom stereocenters. The van der Waals surface area contributed by atoms with Crippen molar-refractivity contribution in [2.24, 2.45) is 4.99 Å². The number of aromatic nitrogens is 1. The first-order chi connectivity index (χ1) is 19.6. The number of halogens is 1. The fourth-order valence-electron chi connectivity index (χ4n) is 4.72. The molecule has 2 aromatic carbocycles. The van der Waals surface area contributed by atoms with Crippen molar-refractivity contribution in [2.75, 3.05) is 6.61 Å². The van der Waals surface area contributed by atoms with E-state index in [-0.39, 0.29) is 17.7 Å². The minimum atomic E-state index is -1.08. The molecule has 0 saturated carbocycles. The number of carboxylic acid groups (broad SMARTS) is 1. The van der Waals surface area contributed by atoms with Gasteiger partial charge in [0.25, 0.3) is 5.56 Å². The van der Waals surface area contributed by atoms with Gasteiger partial charge >= 0.3 is 11.9 Å². The summed E-state index contributed by atoms with van der Waals surface area (Å²) in [5, 5.41) is 9.68. The van der Waals surface area contributed by atoms with Crippen LogP contribution in [0.4, 0.5) is 0 Å².